The molecule has 2 aromatic carbocycles. The lowest BCUT2D eigenvalue weighted by atomic mass is 9.95. The van der Waals surface area contributed by atoms with Crippen LogP contribution in [0.25, 0.3) is 0 Å². The van der Waals surface area contributed by atoms with E-state index in [0.717, 1.165) is 42.4 Å². The molecule has 1 N–H and O–H groups in total. The third-order valence-corrected chi connectivity index (χ3v) is 8.37. The molecule has 0 bridgehead atoms. The van der Waals surface area contributed by atoms with Gasteiger partial charge < -0.3 is 10.2 Å². The van der Waals surface area contributed by atoms with Crippen molar-refractivity contribution >= 4 is 27.5 Å². The number of anilines is 1. The highest BCUT2D eigenvalue weighted by Crippen LogP contribution is 2.23. The third-order valence-electron chi connectivity index (χ3n) is 7.18. The molecule has 0 heterocycles. The highest BCUT2D eigenvalue weighted by atomic mass is 32.2. The summed E-state index contributed by atoms with van der Waals surface area (Å²) < 4.78 is 26.6. The first-order valence-electron chi connectivity index (χ1n) is 13.8. The molecule has 1 aliphatic rings. The SMILES string of the molecule is CCC(C(=O)NC1CCCCC1)N(Cc1ccccc1)C(=O)CCCN(c1cc(C)cc(C)c1)S(C)(=O)=O. The number of rotatable bonds is 12. The van der Waals surface area contributed by atoms with Gasteiger partial charge in [0.15, 0.2) is 0 Å². The summed E-state index contributed by atoms with van der Waals surface area (Å²) in [6, 6.07) is 15.0. The molecule has 0 spiro atoms. The number of sulfonamides is 1. The Bertz CT molecular complexity index is 1160. The Morgan fingerprint density at radius 3 is 2.21 bits per heavy atom. The van der Waals surface area contributed by atoms with Gasteiger partial charge in [-0.1, -0.05) is 62.6 Å². The van der Waals surface area contributed by atoms with E-state index in [2.05, 4.69) is 5.32 Å². The zero-order valence-electron chi connectivity index (χ0n) is 23.3. The fourth-order valence-corrected chi connectivity index (χ4v) is 6.29. The molecule has 7 nitrogen and oxygen atoms in total. The zero-order valence-corrected chi connectivity index (χ0v) is 24.1. The smallest absolute Gasteiger partial charge is 0.243 e. The summed E-state index contributed by atoms with van der Waals surface area (Å²) in [5.41, 5.74) is 3.52. The molecule has 0 aliphatic heterocycles. The van der Waals surface area contributed by atoms with Crippen LogP contribution in [-0.4, -0.2) is 50.0 Å². The van der Waals surface area contributed by atoms with Crippen LogP contribution in [0.3, 0.4) is 0 Å². The first-order valence-corrected chi connectivity index (χ1v) is 15.6. The molecule has 38 heavy (non-hydrogen) atoms. The molecule has 3 rings (SSSR count). The van der Waals surface area contributed by atoms with Crippen LogP contribution in [0.4, 0.5) is 5.69 Å². The van der Waals surface area contributed by atoms with E-state index in [1.165, 1.54) is 17.0 Å². The van der Waals surface area contributed by atoms with Gasteiger partial charge in [-0.05, 0) is 68.4 Å². The van der Waals surface area contributed by atoms with Gasteiger partial charge in [-0.3, -0.25) is 13.9 Å². The third kappa shape index (κ3) is 8.58. The Balaban J connectivity index is 1.75. The molecule has 0 saturated heterocycles. The standard InChI is InChI=1S/C30H43N3O4S/c1-5-28(30(35)31-26-15-10-7-11-16-26)32(22-25-13-8-6-9-14-25)29(34)17-12-18-33(38(4,36)37)27-20-23(2)19-24(3)21-27/h6,8-9,13-14,19-21,26,28H,5,7,10-12,15-18,22H2,1-4H3,(H,31,35). The quantitative estimate of drug-likeness (QED) is 0.405. The van der Waals surface area contributed by atoms with Gasteiger partial charge in [-0.25, -0.2) is 8.42 Å². The Labute approximate surface area is 228 Å². The van der Waals surface area contributed by atoms with Crippen molar-refractivity contribution in [3.63, 3.8) is 0 Å². The summed E-state index contributed by atoms with van der Waals surface area (Å²) in [5.74, 6) is -0.245. The average molecular weight is 542 g/mol. The Kier molecular flexibility index (Phi) is 10.8. The van der Waals surface area contributed by atoms with Gasteiger partial charge in [0, 0.05) is 25.6 Å². The Morgan fingerprint density at radius 1 is 1.00 bits per heavy atom. The van der Waals surface area contributed by atoms with Crippen LogP contribution in [0.5, 0.6) is 0 Å². The molecule has 8 heteroatoms. The van der Waals surface area contributed by atoms with Crippen LogP contribution >= 0.6 is 0 Å². The summed E-state index contributed by atoms with van der Waals surface area (Å²) in [6.07, 6.45) is 7.60. The van der Waals surface area contributed by atoms with Crippen LogP contribution in [-0.2, 0) is 26.2 Å². The van der Waals surface area contributed by atoms with Crippen molar-refractivity contribution in [3.8, 4) is 0 Å². The predicted octanol–water partition coefficient (Wildman–Crippen LogP) is 5.11. The molecule has 1 atom stereocenters. The van der Waals surface area contributed by atoms with E-state index in [1.54, 1.807) is 4.90 Å². The maximum Gasteiger partial charge on any atom is 0.243 e. The highest BCUT2D eigenvalue weighted by Gasteiger charge is 2.30. The fraction of sp³-hybridized carbons (Fsp3) is 0.533. The van der Waals surface area contributed by atoms with E-state index in [1.807, 2.05) is 69.3 Å². The molecular formula is C30H43N3O4S. The predicted molar refractivity (Wildman–Crippen MR) is 153 cm³/mol. The second-order valence-electron chi connectivity index (χ2n) is 10.6. The van der Waals surface area contributed by atoms with E-state index < -0.39 is 16.1 Å². The summed E-state index contributed by atoms with van der Waals surface area (Å²) in [6.45, 7) is 6.33. The number of benzene rings is 2. The van der Waals surface area contributed by atoms with Gasteiger partial charge in [0.2, 0.25) is 21.8 Å². The number of nitrogens with zero attached hydrogens (tertiary/aromatic N) is 2. The molecule has 1 aliphatic carbocycles. The van der Waals surface area contributed by atoms with Gasteiger partial charge in [0.1, 0.15) is 6.04 Å². The summed E-state index contributed by atoms with van der Waals surface area (Å²) in [4.78, 5) is 28.6. The van der Waals surface area contributed by atoms with E-state index in [0.29, 0.717) is 25.1 Å². The number of carbonyl (C=O) groups excluding carboxylic acids is 2. The summed E-state index contributed by atoms with van der Waals surface area (Å²) in [7, 11) is -3.52. The van der Waals surface area contributed by atoms with Crippen molar-refractivity contribution in [1.29, 1.82) is 0 Å². The van der Waals surface area contributed by atoms with Crippen LogP contribution in [0.1, 0.15) is 75.0 Å². The van der Waals surface area contributed by atoms with Crippen LogP contribution in [0.2, 0.25) is 0 Å². The largest absolute Gasteiger partial charge is 0.352 e. The molecule has 0 radical (unpaired) electrons. The van der Waals surface area contributed by atoms with Crippen molar-refractivity contribution in [2.24, 2.45) is 0 Å². The van der Waals surface area contributed by atoms with Crippen LogP contribution < -0.4 is 9.62 Å². The van der Waals surface area contributed by atoms with E-state index >= 15 is 0 Å². The van der Waals surface area contributed by atoms with Crippen molar-refractivity contribution in [2.75, 3.05) is 17.1 Å². The van der Waals surface area contributed by atoms with E-state index in [4.69, 9.17) is 0 Å². The van der Waals surface area contributed by atoms with Crippen molar-refractivity contribution in [3.05, 3.63) is 65.2 Å². The summed E-state index contributed by atoms with van der Waals surface area (Å²) in [5, 5.41) is 3.20. The highest BCUT2D eigenvalue weighted by molar-refractivity contribution is 7.92. The zero-order chi connectivity index (χ0) is 27.7. The molecule has 0 aromatic heterocycles. The normalized spacial score (nSPS) is 15.1. The minimum absolute atomic E-state index is 0.100. The van der Waals surface area contributed by atoms with Crippen molar-refractivity contribution < 1.29 is 18.0 Å². The first-order chi connectivity index (χ1) is 18.1. The van der Waals surface area contributed by atoms with Crippen LogP contribution in [0.15, 0.2) is 48.5 Å². The van der Waals surface area contributed by atoms with Gasteiger partial charge >= 0.3 is 0 Å². The number of aryl methyl sites for hydroxylation is 2. The van der Waals surface area contributed by atoms with Crippen LogP contribution in [0, 0.1) is 13.8 Å². The monoisotopic (exact) mass is 541 g/mol. The lowest BCUT2D eigenvalue weighted by Crippen LogP contribution is -2.51. The van der Waals surface area contributed by atoms with E-state index in [9.17, 15) is 18.0 Å². The molecule has 2 aromatic rings. The van der Waals surface area contributed by atoms with Gasteiger partial charge in [-0.2, -0.15) is 0 Å². The Hall–Kier alpha value is -2.87. The lowest BCUT2D eigenvalue weighted by Gasteiger charge is -2.33. The minimum atomic E-state index is -3.52. The van der Waals surface area contributed by atoms with Gasteiger partial charge in [0.05, 0.1) is 11.9 Å². The Morgan fingerprint density at radius 2 is 1.63 bits per heavy atom. The molecule has 1 saturated carbocycles. The number of hydrogen-bond donors (Lipinski definition) is 1. The molecular weight excluding hydrogens is 498 g/mol. The van der Waals surface area contributed by atoms with Crippen molar-refractivity contribution in [1.82, 2.24) is 10.2 Å². The fourth-order valence-electron chi connectivity index (χ4n) is 5.34. The minimum Gasteiger partial charge on any atom is -0.352 e. The number of nitrogens with one attached hydrogen (secondary N) is 1. The van der Waals surface area contributed by atoms with Gasteiger partial charge in [0.25, 0.3) is 0 Å². The second-order valence-corrected chi connectivity index (χ2v) is 12.5. The number of hydrogen-bond acceptors (Lipinski definition) is 4. The number of carbonyl (C=O) groups is 2. The maximum absolute atomic E-state index is 13.6. The molecule has 1 unspecified atom stereocenters. The topological polar surface area (TPSA) is 86.8 Å². The number of amides is 2. The lowest BCUT2D eigenvalue weighted by molar-refractivity contribution is -0.141. The van der Waals surface area contributed by atoms with Gasteiger partial charge in [-0.15, -0.1) is 0 Å². The average Bonchev–Trinajstić information content (AvgIpc) is 2.86. The molecule has 1 fully saturated rings. The molecule has 2 amide bonds. The van der Waals surface area contributed by atoms with E-state index in [-0.39, 0.29) is 30.8 Å². The molecule has 208 valence electrons. The maximum atomic E-state index is 13.6. The van der Waals surface area contributed by atoms with Crippen molar-refractivity contribution in [2.45, 2.75) is 90.8 Å². The second kappa shape index (κ2) is 13.8. The first kappa shape index (κ1) is 29.7. The summed E-state index contributed by atoms with van der Waals surface area (Å²) >= 11 is 0.